The van der Waals surface area contributed by atoms with Gasteiger partial charge in [-0.3, -0.25) is 18.7 Å². The van der Waals surface area contributed by atoms with Crippen LogP contribution in [0, 0.1) is 0 Å². The van der Waals surface area contributed by atoms with E-state index in [2.05, 4.69) is 18.4 Å². The van der Waals surface area contributed by atoms with Gasteiger partial charge in [0, 0.05) is 12.8 Å². The van der Waals surface area contributed by atoms with Gasteiger partial charge in [0.2, 0.25) is 0 Å². The normalized spacial score (nSPS) is 22.6. The second kappa shape index (κ2) is 37.2. The van der Waals surface area contributed by atoms with Crippen molar-refractivity contribution in [2.45, 2.75) is 236 Å². The van der Waals surface area contributed by atoms with Crippen molar-refractivity contribution < 1.29 is 76.9 Å². The average molecular weight is 925 g/mol. The Labute approximate surface area is 365 Å². The predicted octanol–water partition coefficient (Wildman–Crippen LogP) is 7.33. The van der Waals surface area contributed by atoms with Gasteiger partial charge in [0.25, 0.3) is 15.6 Å². The predicted molar refractivity (Wildman–Crippen MR) is 231 cm³/mol. The van der Waals surface area contributed by atoms with Crippen LogP contribution in [-0.4, -0.2) is 93.2 Å². The molecule has 0 aliphatic heterocycles. The minimum atomic E-state index is -5.62. The number of phosphoric acid groups is 2. The largest absolute Gasteiger partial charge is 0.756 e. The SMILES string of the molecule is CCCCCCCCCCCCCCCC(=O)OC[C@H](COP(=O)([O-])O[C@H]1[C@H](O)[C@@H](OP(=O)([O-])O)[C@H](O)[C@@H](O)[C@H]1O)OC(=O)CCCCCCCCCCCCCCC.[NH4+].[NH4+]. The Hall–Kier alpha value is -1.08. The van der Waals surface area contributed by atoms with Crippen LogP contribution in [0.2, 0.25) is 0 Å². The lowest BCUT2D eigenvalue weighted by atomic mass is 9.85. The number of unbranched alkanes of at least 4 members (excludes halogenated alkanes) is 24. The Morgan fingerprint density at radius 3 is 1.23 bits per heavy atom. The van der Waals surface area contributed by atoms with Crippen LogP contribution >= 0.6 is 15.6 Å². The number of carbonyl (C=O) groups is 2. The average Bonchev–Trinajstić information content (AvgIpc) is 3.18. The summed E-state index contributed by atoms with van der Waals surface area (Å²) in [5.41, 5.74) is 0. The van der Waals surface area contributed by atoms with Crippen molar-refractivity contribution >= 4 is 27.6 Å². The maximum absolute atomic E-state index is 12.8. The number of phosphoric ester groups is 2. The minimum Gasteiger partial charge on any atom is -0.756 e. The summed E-state index contributed by atoms with van der Waals surface area (Å²) in [5.74, 6) is -1.24. The minimum absolute atomic E-state index is 0. The van der Waals surface area contributed by atoms with E-state index in [1.807, 2.05) is 0 Å². The van der Waals surface area contributed by atoms with Gasteiger partial charge >= 0.3 is 11.9 Å². The zero-order chi connectivity index (χ0) is 43.9. The van der Waals surface area contributed by atoms with Gasteiger partial charge in [-0.25, -0.2) is 0 Å². The molecule has 0 radical (unpaired) electrons. The monoisotopic (exact) mass is 925 g/mol. The van der Waals surface area contributed by atoms with Crippen LogP contribution < -0.4 is 22.1 Å². The zero-order valence-corrected chi connectivity index (χ0v) is 39.7. The van der Waals surface area contributed by atoms with E-state index in [0.717, 1.165) is 51.4 Å². The van der Waals surface area contributed by atoms with Crippen LogP contribution in [0.1, 0.15) is 194 Å². The van der Waals surface area contributed by atoms with Crippen molar-refractivity contribution in [1.82, 2.24) is 12.3 Å². The quantitative estimate of drug-likeness (QED) is 0.0181. The fraction of sp³-hybridized carbons (Fsp3) is 0.951. The molecule has 1 fully saturated rings. The molecule has 0 spiro atoms. The van der Waals surface area contributed by atoms with E-state index < -0.39 is 83.5 Å². The molecule has 1 aliphatic rings. The Balaban J connectivity index is 0. The number of hydrogen-bond donors (Lipinski definition) is 7. The first-order valence-corrected chi connectivity index (χ1v) is 25.5. The summed E-state index contributed by atoms with van der Waals surface area (Å²) in [5, 5.41) is 41.0. The number of hydrogen-bond acceptors (Lipinski definition) is 15. The Kier molecular flexibility index (Phi) is 37.8. The van der Waals surface area contributed by atoms with Crippen LogP contribution in [0.15, 0.2) is 0 Å². The molecule has 1 rings (SSSR count). The second-order valence-electron chi connectivity index (χ2n) is 16.1. The number of carbonyl (C=O) groups excluding carboxylic acids is 2. The van der Waals surface area contributed by atoms with E-state index in [1.54, 1.807) is 0 Å². The first-order chi connectivity index (χ1) is 28.1. The van der Waals surface area contributed by atoms with Crippen LogP contribution in [-0.2, 0) is 41.8 Å². The third-order valence-electron chi connectivity index (χ3n) is 10.7. The summed E-state index contributed by atoms with van der Waals surface area (Å²) < 4.78 is 48.6. The van der Waals surface area contributed by atoms with Gasteiger partial charge in [-0.05, 0) is 12.8 Å². The van der Waals surface area contributed by atoms with Gasteiger partial charge in [0.1, 0.15) is 43.2 Å². The standard InChI is InChI=1S/C41H80O16P2.2H3N/c1-3-5-7-9-11-13-15-17-19-21-23-25-27-29-34(42)53-31-33(55-35(43)30-28-26-24-22-20-18-16-14-12-10-8-6-4-2)32-54-59(51,52)57-41-38(46)36(44)37(45)40(39(41)47)56-58(48,49)50;;/h33,36-41,44-47H,3-32H2,1-2H3,(H,51,52)(H2,48,49,50);2*1H3/t33-,36-,37-,38-,39-,40+,41-;;/m1../s1. The van der Waals surface area contributed by atoms with Crippen molar-refractivity contribution in [3.8, 4) is 0 Å². The highest BCUT2D eigenvalue weighted by Crippen LogP contribution is 2.45. The molecule has 1 aliphatic carbocycles. The molecule has 20 heteroatoms. The molecule has 0 aromatic carbocycles. The fourth-order valence-electron chi connectivity index (χ4n) is 7.13. The number of ether oxygens (including phenoxy) is 2. The highest BCUT2D eigenvalue weighted by Gasteiger charge is 2.52. The van der Waals surface area contributed by atoms with Gasteiger partial charge < -0.3 is 70.5 Å². The molecule has 1 saturated carbocycles. The molecular weight excluding hydrogens is 838 g/mol. The van der Waals surface area contributed by atoms with Crippen molar-refractivity contribution in [2.24, 2.45) is 0 Å². The highest BCUT2D eigenvalue weighted by atomic mass is 31.2. The molecule has 0 heterocycles. The molecule has 0 saturated heterocycles. The summed E-state index contributed by atoms with van der Waals surface area (Å²) >= 11 is 0. The molecule has 0 bridgehead atoms. The van der Waals surface area contributed by atoms with E-state index in [1.165, 1.54) is 103 Å². The van der Waals surface area contributed by atoms with Crippen molar-refractivity contribution in [3.05, 3.63) is 0 Å². The van der Waals surface area contributed by atoms with Gasteiger partial charge in [-0.15, -0.1) is 0 Å². The summed E-state index contributed by atoms with van der Waals surface area (Å²) in [6, 6.07) is 0. The van der Waals surface area contributed by atoms with Crippen molar-refractivity contribution in [3.63, 3.8) is 0 Å². The molecule has 9 atom stereocenters. The van der Waals surface area contributed by atoms with Crippen LogP contribution in [0.25, 0.3) is 0 Å². The van der Waals surface area contributed by atoms with E-state index in [9.17, 15) is 48.9 Å². The molecule has 13 N–H and O–H groups in total. The van der Waals surface area contributed by atoms with Crippen LogP contribution in [0.4, 0.5) is 0 Å². The third kappa shape index (κ3) is 31.4. The number of aliphatic hydroxyl groups is 4. The molecule has 0 aromatic rings. The Bertz CT molecular complexity index is 1180. The van der Waals surface area contributed by atoms with Crippen LogP contribution in [0.5, 0.6) is 0 Å². The maximum Gasteiger partial charge on any atom is 0.306 e. The second-order valence-corrected chi connectivity index (χ2v) is 18.6. The summed E-state index contributed by atoms with van der Waals surface area (Å²) in [7, 11) is -11.2. The van der Waals surface area contributed by atoms with E-state index in [-0.39, 0.29) is 25.1 Å². The van der Waals surface area contributed by atoms with Gasteiger partial charge in [0.15, 0.2) is 6.10 Å². The number of esters is 2. The summed E-state index contributed by atoms with van der Waals surface area (Å²) in [4.78, 5) is 58.4. The number of quaternary nitrogens is 2. The Morgan fingerprint density at radius 1 is 0.508 bits per heavy atom. The first-order valence-electron chi connectivity index (χ1n) is 22.5. The molecule has 366 valence electrons. The smallest absolute Gasteiger partial charge is 0.306 e. The lowest BCUT2D eigenvalue weighted by molar-refractivity contribution is -0.271. The summed E-state index contributed by atoms with van der Waals surface area (Å²) in [6.45, 7) is 2.99. The molecule has 61 heavy (non-hydrogen) atoms. The topological polar surface area (TPSA) is 335 Å². The molecular formula is C41H86N2O16P2. The van der Waals surface area contributed by atoms with Gasteiger partial charge in [-0.2, -0.15) is 0 Å². The first kappa shape index (κ1) is 62.0. The van der Waals surface area contributed by atoms with Crippen molar-refractivity contribution in [1.29, 1.82) is 0 Å². The fourth-order valence-corrected chi connectivity index (χ4v) is 8.65. The highest BCUT2D eigenvalue weighted by molar-refractivity contribution is 7.46. The maximum atomic E-state index is 12.8. The molecule has 2 unspecified atom stereocenters. The molecule has 0 amide bonds. The van der Waals surface area contributed by atoms with Crippen molar-refractivity contribution in [2.75, 3.05) is 13.2 Å². The number of rotatable bonds is 38. The van der Waals surface area contributed by atoms with Crippen LogP contribution in [0.3, 0.4) is 0 Å². The van der Waals surface area contributed by atoms with E-state index >= 15 is 0 Å². The van der Waals surface area contributed by atoms with E-state index in [0.29, 0.717) is 12.8 Å². The molecule has 18 nitrogen and oxygen atoms in total. The molecule has 0 aromatic heterocycles. The lowest BCUT2D eigenvalue weighted by Gasteiger charge is -2.45. The third-order valence-corrected chi connectivity index (χ3v) is 12.1. The number of aliphatic hydroxyl groups excluding tert-OH is 4. The lowest BCUT2D eigenvalue weighted by Crippen LogP contribution is -2.64. The Morgan fingerprint density at radius 2 is 0.852 bits per heavy atom. The summed E-state index contributed by atoms with van der Waals surface area (Å²) in [6.07, 6.45) is 14.3. The van der Waals surface area contributed by atoms with Gasteiger partial charge in [-0.1, -0.05) is 168 Å². The zero-order valence-electron chi connectivity index (χ0n) is 37.9. The van der Waals surface area contributed by atoms with E-state index in [4.69, 9.17) is 23.4 Å². The van der Waals surface area contributed by atoms with Gasteiger partial charge in [0.05, 0.1) is 6.61 Å².